The van der Waals surface area contributed by atoms with Gasteiger partial charge in [0.05, 0.1) is 17.8 Å². The zero-order valence-corrected chi connectivity index (χ0v) is 14.2. The lowest BCUT2D eigenvalue weighted by Gasteiger charge is -2.27. The highest BCUT2D eigenvalue weighted by Gasteiger charge is 2.31. The Labute approximate surface area is 134 Å². The zero-order valence-electron chi connectivity index (χ0n) is 12.5. The van der Waals surface area contributed by atoms with Crippen LogP contribution in [0.5, 0.6) is 0 Å². The molecule has 1 aromatic rings. The van der Waals surface area contributed by atoms with Crippen molar-refractivity contribution in [3.63, 3.8) is 0 Å². The van der Waals surface area contributed by atoms with Crippen LogP contribution in [0.15, 0.2) is 4.52 Å². The molecular weight excluding hydrogens is 304 g/mol. The van der Waals surface area contributed by atoms with Crippen LogP contribution in [0.3, 0.4) is 0 Å². The quantitative estimate of drug-likeness (QED) is 0.893. The molecule has 1 aliphatic heterocycles. The number of thioether (sulfide) groups is 2. The van der Waals surface area contributed by atoms with Crippen molar-refractivity contribution in [1.29, 1.82) is 0 Å². The molecular formula is C15H24N2O2S2. The van der Waals surface area contributed by atoms with E-state index in [1.54, 1.807) is 0 Å². The van der Waals surface area contributed by atoms with Gasteiger partial charge in [0.25, 0.3) is 0 Å². The summed E-state index contributed by atoms with van der Waals surface area (Å²) in [4.78, 5) is 4.57. The van der Waals surface area contributed by atoms with Gasteiger partial charge >= 0.3 is 0 Å². The lowest BCUT2D eigenvalue weighted by atomic mass is 9.98. The maximum atomic E-state index is 10.3. The van der Waals surface area contributed by atoms with E-state index in [0.717, 1.165) is 30.8 Å². The number of rotatable bonds is 5. The fraction of sp³-hybridized carbons (Fsp3) is 0.867. The lowest BCUT2D eigenvalue weighted by molar-refractivity contribution is 0.102. The molecule has 3 rings (SSSR count). The highest BCUT2D eigenvalue weighted by molar-refractivity contribution is 8.06. The fourth-order valence-corrected chi connectivity index (χ4v) is 6.28. The number of aliphatic hydroxyl groups excluding tert-OH is 1. The number of nitrogens with zero attached hydrogens (tertiary/aromatic N) is 2. The Morgan fingerprint density at radius 2 is 2.05 bits per heavy atom. The Kier molecular flexibility index (Phi) is 5.51. The molecule has 6 heteroatoms. The van der Waals surface area contributed by atoms with E-state index < -0.39 is 0 Å². The van der Waals surface area contributed by atoms with Crippen LogP contribution in [-0.2, 0) is 6.42 Å². The van der Waals surface area contributed by atoms with Crippen molar-refractivity contribution in [3.05, 3.63) is 11.7 Å². The van der Waals surface area contributed by atoms with Gasteiger partial charge in [0.1, 0.15) is 0 Å². The molecule has 2 fully saturated rings. The van der Waals surface area contributed by atoms with Gasteiger partial charge in [-0.05, 0) is 25.2 Å². The largest absolute Gasteiger partial charge is 0.392 e. The predicted molar refractivity (Wildman–Crippen MR) is 87.7 cm³/mol. The third-order valence-corrected chi connectivity index (χ3v) is 7.76. The molecule has 3 atom stereocenters. The third-order valence-electron chi connectivity index (χ3n) is 4.52. The van der Waals surface area contributed by atoms with Crippen LogP contribution in [0, 0.1) is 5.92 Å². The van der Waals surface area contributed by atoms with Gasteiger partial charge in [0, 0.05) is 16.8 Å². The molecule has 0 radical (unpaired) electrons. The number of aliphatic hydroxyl groups is 1. The first-order valence-electron chi connectivity index (χ1n) is 8.01. The van der Waals surface area contributed by atoms with Crippen LogP contribution in [0.1, 0.15) is 56.0 Å². The summed E-state index contributed by atoms with van der Waals surface area (Å²) < 4.78 is 5.40. The Morgan fingerprint density at radius 1 is 1.29 bits per heavy atom. The van der Waals surface area contributed by atoms with Crippen LogP contribution in [-0.4, -0.2) is 38.1 Å². The Hall–Kier alpha value is -0.200. The summed E-state index contributed by atoms with van der Waals surface area (Å²) in [6, 6.07) is 0. The maximum absolute atomic E-state index is 10.3. The summed E-state index contributed by atoms with van der Waals surface area (Å²) in [7, 11) is 0. The third kappa shape index (κ3) is 3.77. The monoisotopic (exact) mass is 328 g/mol. The van der Waals surface area contributed by atoms with Gasteiger partial charge in [-0.15, -0.1) is 11.8 Å². The predicted octanol–water partition coefficient (Wildman–Crippen LogP) is 3.46. The molecule has 118 valence electrons. The molecule has 21 heavy (non-hydrogen) atoms. The minimum absolute atomic E-state index is 0.323. The van der Waals surface area contributed by atoms with Gasteiger partial charge in [-0.25, -0.2) is 0 Å². The number of hydrogen-bond acceptors (Lipinski definition) is 6. The van der Waals surface area contributed by atoms with Crippen LogP contribution in [0.25, 0.3) is 0 Å². The molecule has 1 N–H and O–H groups in total. The van der Waals surface area contributed by atoms with Crippen molar-refractivity contribution in [3.8, 4) is 0 Å². The lowest BCUT2D eigenvalue weighted by Crippen LogP contribution is -2.21. The molecule has 2 heterocycles. The smallest absolute Gasteiger partial charge is 0.229 e. The SMILES string of the molecule is CCC1SCCSC1c1noc(CC(O)C2CCCC2)n1. The van der Waals surface area contributed by atoms with Crippen molar-refractivity contribution in [2.75, 3.05) is 11.5 Å². The van der Waals surface area contributed by atoms with Gasteiger partial charge in [-0.1, -0.05) is 24.9 Å². The molecule has 3 unspecified atom stereocenters. The second-order valence-corrected chi connectivity index (χ2v) is 8.57. The first-order valence-corrected chi connectivity index (χ1v) is 10.1. The second-order valence-electron chi connectivity index (χ2n) is 5.97. The molecule has 0 spiro atoms. The van der Waals surface area contributed by atoms with E-state index in [0.29, 0.717) is 28.7 Å². The average Bonchev–Trinajstić information content (AvgIpc) is 3.18. The van der Waals surface area contributed by atoms with E-state index in [1.165, 1.54) is 18.6 Å². The average molecular weight is 329 g/mol. The molecule has 1 saturated carbocycles. The van der Waals surface area contributed by atoms with Gasteiger partial charge < -0.3 is 9.63 Å². The summed E-state index contributed by atoms with van der Waals surface area (Å²) in [5.41, 5.74) is 0. The van der Waals surface area contributed by atoms with E-state index in [-0.39, 0.29) is 6.10 Å². The molecule has 1 aromatic heterocycles. The zero-order chi connectivity index (χ0) is 14.7. The Morgan fingerprint density at radius 3 is 2.81 bits per heavy atom. The highest BCUT2D eigenvalue weighted by atomic mass is 32.2. The van der Waals surface area contributed by atoms with Gasteiger partial charge in [-0.2, -0.15) is 16.7 Å². The first kappa shape index (κ1) is 15.7. The van der Waals surface area contributed by atoms with E-state index in [4.69, 9.17) is 4.52 Å². The van der Waals surface area contributed by atoms with Crippen LogP contribution >= 0.6 is 23.5 Å². The summed E-state index contributed by atoms with van der Waals surface area (Å²) in [6.07, 6.45) is 6.08. The van der Waals surface area contributed by atoms with Crippen molar-refractivity contribution in [2.24, 2.45) is 5.92 Å². The Bertz CT molecular complexity index is 449. The highest BCUT2D eigenvalue weighted by Crippen LogP contribution is 2.42. The number of aromatic nitrogens is 2. The molecule has 0 bridgehead atoms. The summed E-state index contributed by atoms with van der Waals surface area (Å²) >= 11 is 3.96. The van der Waals surface area contributed by atoms with Crippen LogP contribution in [0.4, 0.5) is 0 Å². The van der Waals surface area contributed by atoms with E-state index in [2.05, 4.69) is 17.1 Å². The molecule has 0 amide bonds. The van der Waals surface area contributed by atoms with Crippen molar-refractivity contribution < 1.29 is 9.63 Å². The summed E-state index contributed by atoms with van der Waals surface area (Å²) in [5, 5.41) is 15.4. The summed E-state index contributed by atoms with van der Waals surface area (Å²) in [6.45, 7) is 2.22. The minimum atomic E-state index is -0.323. The van der Waals surface area contributed by atoms with E-state index in [9.17, 15) is 5.11 Å². The van der Waals surface area contributed by atoms with Gasteiger partial charge in [-0.3, -0.25) is 0 Å². The van der Waals surface area contributed by atoms with Crippen molar-refractivity contribution >= 4 is 23.5 Å². The van der Waals surface area contributed by atoms with Crippen LogP contribution in [0.2, 0.25) is 0 Å². The van der Waals surface area contributed by atoms with Crippen molar-refractivity contribution in [2.45, 2.75) is 62.1 Å². The Balaban J connectivity index is 1.62. The molecule has 1 aliphatic carbocycles. The molecule has 4 nitrogen and oxygen atoms in total. The molecule has 2 aliphatic rings. The summed E-state index contributed by atoms with van der Waals surface area (Å²) in [5.74, 6) is 4.22. The van der Waals surface area contributed by atoms with E-state index in [1.807, 2.05) is 23.5 Å². The van der Waals surface area contributed by atoms with Crippen molar-refractivity contribution in [1.82, 2.24) is 10.1 Å². The van der Waals surface area contributed by atoms with Gasteiger partial charge in [0.2, 0.25) is 5.89 Å². The van der Waals surface area contributed by atoms with Crippen LogP contribution < -0.4 is 0 Å². The molecule has 1 saturated heterocycles. The topological polar surface area (TPSA) is 59.2 Å². The number of hydrogen-bond donors (Lipinski definition) is 1. The molecule has 0 aromatic carbocycles. The second kappa shape index (κ2) is 7.38. The standard InChI is InChI=1S/C15H24N2O2S2/c1-2-12-14(21-8-7-20-12)15-16-13(19-17-15)9-11(18)10-5-3-4-6-10/h10-12,14,18H,2-9H2,1H3. The first-order chi connectivity index (χ1) is 10.3. The van der Waals surface area contributed by atoms with E-state index >= 15 is 0 Å². The minimum Gasteiger partial charge on any atom is -0.392 e. The normalized spacial score (nSPS) is 28.9. The fourth-order valence-electron chi connectivity index (χ4n) is 3.30. The maximum Gasteiger partial charge on any atom is 0.229 e. The van der Waals surface area contributed by atoms with Gasteiger partial charge in [0.15, 0.2) is 5.82 Å².